The van der Waals surface area contributed by atoms with Gasteiger partial charge in [0.05, 0.1) is 34.0 Å². The fraction of sp³-hybridized carbons (Fsp3) is 0.286. The topological polar surface area (TPSA) is 94.4 Å². The third-order valence-corrected chi connectivity index (χ3v) is 6.26. The van der Waals surface area contributed by atoms with Gasteiger partial charge in [-0.3, -0.25) is 4.31 Å². The Labute approximate surface area is 186 Å². The second-order valence-corrected chi connectivity index (χ2v) is 9.43. The lowest BCUT2D eigenvalue weighted by Crippen LogP contribution is -2.35. The van der Waals surface area contributed by atoms with E-state index in [1.165, 1.54) is 45.8 Å². The molecule has 1 aromatic carbocycles. The zero-order valence-electron chi connectivity index (χ0n) is 17.4. The van der Waals surface area contributed by atoms with Crippen molar-refractivity contribution in [1.82, 2.24) is 14.8 Å². The number of hydrogen-bond acceptors (Lipinski definition) is 6. The van der Waals surface area contributed by atoms with Crippen LogP contribution in [0.1, 0.15) is 31.1 Å². The minimum absolute atomic E-state index is 0.0121. The summed E-state index contributed by atoms with van der Waals surface area (Å²) in [5, 5.41) is 4.46. The Balaban J connectivity index is 2.15. The number of benzene rings is 1. The largest absolute Gasteiger partial charge is 0.462 e. The van der Waals surface area contributed by atoms with Gasteiger partial charge in [0.2, 0.25) is 0 Å². The molecule has 0 radical (unpaired) electrons. The summed E-state index contributed by atoms with van der Waals surface area (Å²) >= 11 is 6.19. The molecule has 31 heavy (non-hydrogen) atoms. The molecule has 0 aliphatic heterocycles. The molecule has 0 bridgehead atoms. The average Bonchev–Trinajstić information content (AvgIpc) is 3.23. The number of rotatable bonds is 8. The van der Waals surface area contributed by atoms with E-state index in [-0.39, 0.29) is 46.1 Å². The maximum absolute atomic E-state index is 13.5. The first-order chi connectivity index (χ1) is 14.7. The van der Waals surface area contributed by atoms with Gasteiger partial charge in [-0.2, -0.15) is 5.10 Å². The zero-order valence-corrected chi connectivity index (χ0v) is 19.0. The summed E-state index contributed by atoms with van der Waals surface area (Å²) in [4.78, 5) is 16.5. The maximum atomic E-state index is 13.5. The summed E-state index contributed by atoms with van der Waals surface area (Å²) in [6, 6.07) is 9.67. The molecule has 0 unspecified atom stereocenters. The predicted molar refractivity (Wildman–Crippen MR) is 118 cm³/mol. The summed E-state index contributed by atoms with van der Waals surface area (Å²) in [6.45, 7) is 5.96. The Morgan fingerprint density at radius 1 is 1.23 bits per heavy atom. The van der Waals surface area contributed by atoms with Crippen LogP contribution >= 0.6 is 11.6 Å². The van der Waals surface area contributed by atoms with Gasteiger partial charge >= 0.3 is 5.97 Å². The van der Waals surface area contributed by atoms with Gasteiger partial charge < -0.3 is 4.74 Å². The summed E-state index contributed by atoms with van der Waals surface area (Å²) in [7, 11) is -3.91. The Kier molecular flexibility index (Phi) is 6.97. The molecule has 0 saturated carbocycles. The van der Waals surface area contributed by atoms with Gasteiger partial charge in [0.1, 0.15) is 0 Å². The summed E-state index contributed by atoms with van der Waals surface area (Å²) in [5.74, 6) is -0.293. The fourth-order valence-electron chi connectivity index (χ4n) is 2.92. The number of nitrogens with zero attached hydrogens (tertiary/aromatic N) is 4. The van der Waals surface area contributed by atoms with Crippen molar-refractivity contribution in [3.8, 4) is 5.82 Å². The van der Waals surface area contributed by atoms with Crippen LogP contribution in [0.5, 0.6) is 0 Å². The van der Waals surface area contributed by atoms with E-state index in [0.29, 0.717) is 0 Å². The van der Waals surface area contributed by atoms with Crippen molar-refractivity contribution in [2.45, 2.75) is 25.7 Å². The van der Waals surface area contributed by atoms with Crippen molar-refractivity contribution in [3.05, 3.63) is 65.6 Å². The van der Waals surface area contributed by atoms with Crippen LogP contribution in [0.3, 0.4) is 0 Å². The van der Waals surface area contributed by atoms with Gasteiger partial charge in [0.25, 0.3) is 10.0 Å². The number of ether oxygens (including phenoxy) is 1. The molecule has 2 heterocycles. The molecule has 0 aliphatic rings. The number of hydrogen-bond donors (Lipinski definition) is 0. The Bertz CT molecular complexity index is 1160. The number of pyridine rings is 1. The Morgan fingerprint density at radius 2 is 1.94 bits per heavy atom. The summed E-state index contributed by atoms with van der Waals surface area (Å²) in [6.07, 6.45) is 4.19. The average molecular weight is 463 g/mol. The van der Waals surface area contributed by atoms with Gasteiger partial charge in [0.15, 0.2) is 5.82 Å². The quantitative estimate of drug-likeness (QED) is 0.470. The number of sulfonamides is 1. The molecule has 8 nitrogen and oxygen atoms in total. The van der Waals surface area contributed by atoms with E-state index in [4.69, 9.17) is 16.3 Å². The molecular weight excluding hydrogens is 440 g/mol. The Hall–Kier alpha value is -2.91. The molecule has 0 N–H and O–H groups in total. The highest BCUT2D eigenvalue weighted by Gasteiger charge is 2.29. The van der Waals surface area contributed by atoms with E-state index in [1.807, 2.05) is 13.8 Å². The van der Waals surface area contributed by atoms with Gasteiger partial charge in [-0.05, 0) is 31.0 Å². The molecule has 0 atom stereocenters. The molecule has 0 spiro atoms. The Morgan fingerprint density at radius 3 is 2.58 bits per heavy atom. The molecule has 10 heteroatoms. The zero-order chi connectivity index (χ0) is 22.6. The minimum Gasteiger partial charge on any atom is -0.462 e. The smallest absolute Gasteiger partial charge is 0.341 e. The van der Waals surface area contributed by atoms with Crippen LogP contribution in [-0.4, -0.2) is 42.3 Å². The maximum Gasteiger partial charge on any atom is 0.341 e. The molecule has 0 saturated heterocycles. The van der Waals surface area contributed by atoms with E-state index in [9.17, 15) is 13.2 Å². The van der Waals surface area contributed by atoms with Crippen LogP contribution in [0.15, 0.2) is 59.9 Å². The normalized spacial score (nSPS) is 11.5. The lowest BCUT2D eigenvalue weighted by Gasteiger charge is -2.27. The van der Waals surface area contributed by atoms with Crippen LogP contribution in [0, 0.1) is 5.92 Å². The lowest BCUT2D eigenvalue weighted by atomic mass is 10.2. The molecular formula is C21H23ClN4O4S. The van der Waals surface area contributed by atoms with E-state index in [0.717, 1.165) is 0 Å². The fourth-order valence-corrected chi connectivity index (χ4v) is 4.71. The third kappa shape index (κ3) is 5.05. The van der Waals surface area contributed by atoms with E-state index in [2.05, 4.69) is 10.1 Å². The first kappa shape index (κ1) is 22.8. The number of carbonyl (C=O) groups excluding carboxylic acids is 1. The highest BCUT2D eigenvalue weighted by Crippen LogP contribution is 2.31. The predicted octanol–water partition coefficient (Wildman–Crippen LogP) is 3.95. The van der Waals surface area contributed by atoms with Crippen LogP contribution < -0.4 is 4.31 Å². The van der Waals surface area contributed by atoms with Crippen molar-refractivity contribution in [2.75, 3.05) is 17.5 Å². The van der Waals surface area contributed by atoms with Crippen molar-refractivity contribution < 1.29 is 17.9 Å². The van der Waals surface area contributed by atoms with Crippen LogP contribution in [0.2, 0.25) is 5.02 Å². The second-order valence-electron chi connectivity index (χ2n) is 7.13. The monoisotopic (exact) mass is 462 g/mol. The van der Waals surface area contributed by atoms with Gasteiger partial charge in [-0.1, -0.05) is 43.6 Å². The first-order valence-corrected chi connectivity index (χ1v) is 11.5. The van der Waals surface area contributed by atoms with Gasteiger partial charge in [0, 0.05) is 18.9 Å². The number of esters is 1. The molecule has 3 rings (SSSR count). The highest BCUT2D eigenvalue weighted by atomic mass is 35.5. The number of carbonyl (C=O) groups is 1. The molecule has 3 aromatic rings. The molecule has 164 valence electrons. The van der Waals surface area contributed by atoms with Crippen LogP contribution in [-0.2, 0) is 14.8 Å². The van der Waals surface area contributed by atoms with Gasteiger partial charge in [-0.25, -0.2) is 22.9 Å². The first-order valence-electron chi connectivity index (χ1n) is 9.69. The van der Waals surface area contributed by atoms with Crippen LogP contribution in [0.4, 0.5) is 5.69 Å². The number of halogens is 1. The van der Waals surface area contributed by atoms with E-state index >= 15 is 0 Å². The summed E-state index contributed by atoms with van der Waals surface area (Å²) < 4.78 is 34.6. The van der Waals surface area contributed by atoms with E-state index in [1.54, 1.807) is 25.1 Å². The second kappa shape index (κ2) is 9.49. The third-order valence-electron chi connectivity index (χ3n) is 4.26. The van der Waals surface area contributed by atoms with Crippen LogP contribution in [0.25, 0.3) is 5.82 Å². The molecule has 0 aliphatic carbocycles. The molecule has 2 aromatic heterocycles. The van der Waals surface area contributed by atoms with Gasteiger partial charge in [-0.15, -0.1) is 0 Å². The minimum atomic E-state index is -3.91. The van der Waals surface area contributed by atoms with Crippen molar-refractivity contribution in [1.29, 1.82) is 0 Å². The lowest BCUT2D eigenvalue weighted by molar-refractivity contribution is 0.0526. The highest BCUT2D eigenvalue weighted by molar-refractivity contribution is 7.92. The summed E-state index contributed by atoms with van der Waals surface area (Å²) in [5.41, 5.74) is 0.481. The number of aromatic nitrogens is 3. The van der Waals surface area contributed by atoms with E-state index < -0.39 is 16.0 Å². The van der Waals surface area contributed by atoms with Crippen molar-refractivity contribution in [3.63, 3.8) is 0 Å². The molecule has 0 amide bonds. The van der Waals surface area contributed by atoms with Crippen molar-refractivity contribution in [2.24, 2.45) is 5.92 Å². The number of anilines is 1. The van der Waals surface area contributed by atoms with Crippen molar-refractivity contribution >= 4 is 33.3 Å². The SMILES string of the molecule is CCOC(=O)c1cnn(-c2ncc(Cl)cc2N(CC(C)C)S(=O)(=O)c2ccccc2)c1. The molecule has 0 fully saturated rings. The standard InChI is InChI=1S/C21H23ClN4O4S/c1-4-30-21(27)16-11-24-25(14-16)20-19(10-17(22)12-23-20)26(13-15(2)3)31(28,29)18-8-6-5-7-9-18/h5-12,14-15H,4,13H2,1-3H3.